The third kappa shape index (κ3) is 4.01. The van der Waals surface area contributed by atoms with E-state index in [0.29, 0.717) is 23.5 Å². The van der Waals surface area contributed by atoms with Crippen molar-refractivity contribution in [3.63, 3.8) is 0 Å². The van der Waals surface area contributed by atoms with Crippen molar-refractivity contribution in [3.05, 3.63) is 16.7 Å². The van der Waals surface area contributed by atoms with Crippen molar-refractivity contribution in [2.24, 2.45) is 0 Å². The molecule has 5 rings (SSSR count). The zero-order valence-electron chi connectivity index (χ0n) is 19.4. The number of hydrogen-bond acceptors (Lipinski definition) is 7. The number of carbonyl (C=O) groups is 1. The summed E-state index contributed by atoms with van der Waals surface area (Å²) >= 11 is 7.63. The number of thioether (sulfide) groups is 1. The second-order valence-corrected chi connectivity index (χ2v) is 11.5. The highest BCUT2D eigenvalue weighted by Gasteiger charge is 2.50. The highest BCUT2D eigenvalue weighted by atomic mass is 35.5. The van der Waals surface area contributed by atoms with Crippen molar-refractivity contribution in [1.29, 1.82) is 0 Å². The van der Waals surface area contributed by atoms with Gasteiger partial charge in [-0.2, -0.15) is 0 Å². The molecule has 0 radical (unpaired) electrons. The van der Waals surface area contributed by atoms with Gasteiger partial charge >= 0.3 is 6.09 Å². The predicted octanol–water partition coefficient (Wildman–Crippen LogP) is 5.22. The van der Waals surface area contributed by atoms with Crippen LogP contribution in [-0.2, 0) is 11.2 Å². The number of anilines is 1. The summed E-state index contributed by atoms with van der Waals surface area (Å²) in [7, 11) is 0. The molecule has 0 aliphatic carbocycles. The number of pyridine rings is 1. The van der Waals surface area contributed by atoms with Gasteiger partial charge in [-0.25, -0.2) is 24.1 Å². The van der Waals surface area contributed by atoms with Gasteiger partial charge < -0.3 is 9.64 Å². The molecule has 33 heavy (non-hydrogen) atoms. The maximum Gasteiger partial charge on any atom is 0.410 e. The van der Waals surface area contributed by atoms with Crippen LogP contribution in [0.4, 0.5) is 15.0 Å². The van der Waals surface area contributed by atoms with E-state index in [-0.39, 0.29) is 34.9 Å². The fourth-order valence-electron chi connectivity index (χ4n) is 5.47. The fraction of sp³-hybridized carbons (Fsp3) is 0.652. The van der Waals surface area contributed by atoms with Gasteiger partial charge in [0, 0.05) is 6.54 Å². The van der Waals surface area contributed by atoms with Gasteiger partial charge in [-0.05, 0) is 58.6 Å². The Bertz CT molecular complexity index is 1110. The van der Waals surface area contributed by atoms with Gasteiger partial charge in [0.2, 0.25) is 0 Å². The Balaban J connectivity index is 1.62. The first-order valence-corrected chi connectivity index (χ1v) is 13.0. The van der Waals surface area contributed by atoms with Gasteiger partial charge in [0.25, 0.3) is 0 Å². The molecular weight excluding hydrogens is 465 g/mol. The zero-order chi connectivity index (χ0) is 23.5. The Labute approximate surface area is 202 Å². The normalized spacial score (nSPS) is 24.5. The Morgan fingerprint density at radius 1 is 1.21 bits per heavy atom. The molecule has 0 saturated carbocycles. The molecule has 3 aliphatic rings. The second kappa shape index (κ2) is 8.41. The van der Waals surface area contributed by atoms with Crippen molar-refractivity contribution < 1.29 is 13.9 Å². The molecule has 2 aromatic rings. The van der Waals surface area contributed by atoms with Crippen molar-refractivity contribution in [3.8, 4) is 0 Å². The average Bonchev–Trinajstić information content (AvgIpc) is 3.06. The minimum Gasteiger partial charge on any atom is -0.444 e. The smallest absolute Gasteiger partial charge is 0.410 e. The molecule has 0 N–H and O–H groups in total. The van der Waals surface area contributed by atoms with Crippen LogP contribution in [-0.4, -0.2) is 62.0 Å². The summed E-state index contributed by atoms with van der Waals surface area (Å²) in [4.78, 5) is 31.1. The van der Waals surface area contributed by atoms with Crippen LogP contribution in [0.1, 0.15) is 59.1 Å². The number of nitrogens with zero attached hydrogens (tertiary/aromatic N) is 5. The van der Waals surface area contributed by atoms with Crippen LogP contribution in [0.5, 0.6) is 0 Å². The number of fused-ring (bicyclic) bond motifs is 5. The summed E-state index contributed by atoms with van der Waals surface area (Å²) < 4.78 is 20.9. The van der Waals surface area contributed by atoms with Crippen molar-refractivity contribution in [1.82, 2.24) is 19.9 Å². The van der Waals surface area contributed by atoms with E-state index in [1.807, 2.05) is 32.6 Å². The first-order valence-electron chi connectivity index (χ1n) is 11.6. The molecule has 3 aliphatic heterocycles. The Hall–Kier alpha value is -1.87. The molecule has 2 fully saturated rings. The van der Waals surface area contributed by atoms with Crippen LogP contribution in [0.3, 0.4) is 0 Å². The van der Waals surface area contributed by atoms with Crippen LogP contribution >= 0.6 is 23.4 Å². The third-order valence-electron chi connectivity index (χ3n) is 6.64. The van der Waals surface area contributed by atoms with Gasteiger partial charge in [-0.15, -0.1) is 0 Å². The number of hydrogen-bond donors (Lipinski definition) is 0. The molecule has 1 amide bonds. The maximum atomic E-state index is 15.1. The summed E-state index contributed by atoms with van der Waals surface area (Å²) in [6.45, 7) is 8.34. The van der Waals surface area contributed by atoms with Crippen LogP contribution in [0.15, 0.2) is 5.16 Å². The molecule has 7 nitrogen and oxygen atoms in total. The quantitative estimate of drug-likeness (QED) is 0.322. The highest BCUT2D eigenvalue weighted by Crippen LogP contribution is 2.43. The molecule has 0 spiro atoms. The lowest BCUT2D eigenvalue weighted by Gasteiger charge is -2.48. The van der Waals surface area contributed by atoms with Gasteiger partial charge in [0.05, 0.1) is 29.2 Å². The molecule has 10 heteroatoms. The molecule has 1 unspecified atom stereocenters. The number of halogens is 2. The van der Waals surface area contributed by atoms with Gasteiger partial charge in [0.15, 0.2) is 16.1 Å². The molecule has 0 aromatic carbocycles. The highest BCUT2D eigenvalue weighted by molar-refractivity contribution is 7.99. The predicted molar refractivity (Wildman–Crippen MR) is 128 cm³/mol. The van der Waals surface area contributed by atoms with Crippen LogP contribution < -0.4 is 4.90 Å². The molecule has 3 atom stereocenters. The standard InChI is InChI=1S/C23H29ClFN5O2S/c1-5-33-21-27-18-16-13(26-19(24)17(18)25)7-6-8-14-15-10-9-12(11-29(14)20(16)28-21)30(15)22(31)32-23(2,3)4/h12,14-15H,5-11H2,1-4H3/t12?,14-,15+/m1/s1. The lowest BCUT2D eigenvalue weighted by Crippen LogP contribution is -2.62. The largest absolute Gasteiger partial charge is 0.444 e. The van der Waals surface area contributed by atoms with Gasteiger partial charge in [0.1, 0.15) is 16.9 Å². The van der Waals surface area contributed by atoms with Crippen molar-refractivity contribution in [2.45, 2.75) is 88.7 Å². The van der Waals surface area contributed by atoms with Crippen molar-refractivity contribution >= 4 is 46.2 Å². The van der Waals surface area contributed by atoms with E-state index < -0.39 is 11.4 Å². The topological polar surface area (TPSA) is 71.5 Å². The molecular formula is C23H29ClFN5O2S. The molecule has 2 aromatic heterocycles. The van der Waals surface area contributed by atoms with Crippen molar-refractivity contribution in [2.75, 3.05) is 17.2 Å². The fourth-order valence-corrected chi connectivity index (χ4v) is 6.22. The lowest BCUT2D eigenvalue weighted by molar-refractivity contribution is 0.00701. The van der Waals surface area contributed by atoms with E-state index in [1.54, 1.807) is 0 Å². The molecule has 2 bridgehead atoms. The summed E-state index contributed by atoms with van der Waals surface area (Å²) in [6.07, 6.45) is 4.01. The van der Waals surface area contributed by atoms with Gasteiger partial charge in [-0.1, -0.05) is 30.3 Å². The van der Waals surface area contributed by atoms with Crippen LogP contribution in [0, 0.1) is 5.82 Å². The number of piperazine rings is 1. The summed E-state index contributed by atoms with van der Waals surface area (Å²) in [5.74, 6) is 0.906. The van der Waals surface area contributed by atoms with Crippen LogP contribution in [0.2, 0.25) is 5.15 Å². The van der Waals surface area contributed by atoms with E-state index in [0.717, 1.165) is 42.9 Å². The Morgan fingerprint density at radius 3 is 2.73 bits per heavy atom. The molecule has 178 valence electrons. The molecule has 5 heterocycles. The number of aryl methyl sites for hydroxylation is 1. The first kappa shape index (κ1) is 22.9. The SMILES string of the molecule is CCSc1nc2c3c(nc(Cl)c(F)c3n1)CCC[C@@H]1[C@@H]3CCC(CN21)N3C(=O)OC(C)(C)C. The number of ether oxygens (including phenoxy) is 1. The first-order chi connectivity index (χ1) is 15.7. The third-order valence-corrected chi connectivity index (χ3v) is 7.62. The number of carbonyl (C=O) groups excluding carboxylic acids is 1. The minimum atomic E-state index is -0.593. The number of amides is 1. The maximum absolute atomic E-state index is 15.1. The Morgan fingerprint density at radius 2 is 2.00 bits per heavy atom. The van der Waals surface area contributed by atoms with E-state index in [4.69, 9.17) is 21.3 Å². The van der Waals surface area contributed by atoms with E-state index in [2.05, 4.69) is 14.9 Å². The lowest BCUT2D eigenvalue weighted by atomic mass is 9.93. The van der Waals surface area contributed by atoms with E-state index >= 15 is 4.39 Å². The average molecular weight is 494 g/mol. The van der Waals surface area contributed by atoms with Gasteiger partial charge in [-0.3, -0.25) is 4.90 Å². The molecule has 2 saturated heterocycles. The minimum absolute atomic E-state index is 0.0291. The van der Waals surface area contributed by atoms with E-state index in [1.165, 1.54) is 11.8 Å². The monoisotopic (exact) mass is 493 g/mol. The summed E-state index contributed by atoms with van der Waals surface area (Å²) in [6, 6.07) is 0.152. The van der Waals surface area contributed by atoms with E-state index in [9.17, 15) is 4.79 Å². The Kier molecular flexibility index (Phi) is 5.84. The summed E-state index contributed by atoms with van der Waals surface area (Å²) in [5, 5.41) is 1.06. The second-order valence-electron chi connectivity index (χ2n) is 9.95. The number of aromatic nitrogens is 3. The van der Waals surface area contributed by atoms with Crippen LogP contribution in [0.25, 0.3) is 10.9 Å². The number of rotatable bonds is 2. The summed E-state index contributed by atoms with van der Waals surface area (Å²) in [5.41, 5.74) is 0.453. The zero-order valence-corrected chi connectivity index (χ0v) is 21.0.